The summed E-state index contributed by atoms with van der Waals surface area (Å²) in [6.45, 7) is 2.66. The maximum Gasteiger partial charge on any atom is 0.175 e. The number of methoxy groups -OCH3 is 1. The number of pyridine rings is 1. The average Bonchev–Trinajstić information content (AvgIpc) is 2.92. The molecule has 1 aliphatic rings. The van der Waals surface area contributed by atoms with Crippen molar-refractivity contribution in [3.63, 3.8) is 0 Å². The molecular weight excluding hydrogens is 310 g/mol. The molecule has 1 N–H and O–H groups in total. The Morgan fingerprint density at radius 2 is 2.09 bits per heavy atom. The number of amidine groups is 1. The highest BCUT2D eigenvalue weighted by molar-refractivity contribution is 8.14. The molecule has 1 saturated heterocycles. The minimum absolute atomic E-state index is 0.527. The minimum Gasteiger partial charge on any atom is -0.497 e. The summed E-state index contributed by atoms with van der Waals surface area (Å²) in [6, 6.07) is 13.1. The van der Waals surface area contributed by atoms with Gasteiger partial charge in [0.15, 0.2) is 16.7 Å². The molecule has 2 heterocycles. The molecule has 6 heteroatoms. The van der Waals surface area contributed by atoms with Gasteiger partial charge in [0.25, 0.3) is 0 Å². The van der Waals surface area contributed by atoms with Gasteiger partial charge in [-0.15, -0.1) is 0 Å². The van der Waals surface area contributed by atoms with Gasteiger partial charge in [-0.05, 0) is 31.2 Å². The van der Waals surface area contributed by atoms with Crippen molar-refractivity contribution in [2.24, 2.45) is 4.99 Å². The normalized spacial score (nSPS) is 22.6. The van der Waals surface area contributed by atoms with Crippen LogP contribution in [0.2, 0.25) is 0 Å². The monoisotopic (exact) mass is 329 g/mol. The Kier molecular flexibility index (Phi) is 4.54. The lowest BCUT2D eigenvalue weighted by Gasteiger charge is -2.33. The third-order valence-electron chi connectivity index (χ3n) is 3.81. The number of hydrogen-bond donors (Lipinski definition) is 1. The minimum atomic E-state index is -1.07. The van der Waals surface area contributed by atoms with Gasteiger partial charge in [-0.3, -0.25) is 0 Å². The van der Waals surface area contributed by atoms with E-state index in [1.807, 2.05) is 54.3 Å². The molecule has 0 radical (unpaired) electrons. The summed E-state index contributed by atoms with van der Waals surface area (Å²) in [5.41, 5.74) is -0.238. The Labute approximate surface area is 140 Å². The van der Waals surface area contributed by atoms with E-state index >= 15 is 0 Å². The number of hydrogen-bond acceptors (Lipinski definition) is 5. The van der Waals surface area contributed by atoms with Gasteiger partial charge in [-0.25, -0.2) is 9.98 Å². The van der Waals surface area contributed by atoms with Crippen LogP contribution in [0.4, 0.5) is 5.82 Å². The molecule has 0 amide bonds. The van der Waals surface area contributed by atoms with Crippen LogP contribution in [0, 0.1) is 0 Å². The van der Waals surface area contributed by atoms with Crippen molar-refractivity contribution in [2.45, 2.75) is 12.6 Å². The lowest BCUT2D eigenvalue weighted by atomic mass is 10.0. The van der Waals surface area contributed by atoms with Crippen molar-refractivity contribution < 1.29 is 9.84 Å². The third kappa shape index (κ3) is 3.04. The zero-order valence-corrected chi connectivity index (χ0v) is 14.0. The van der Waals surface area contributed by atoms with Crippen molar-refractivity contribution in [2.75, 3.05) is 19.4 Å². The number of nitrogens with zero attached hydrogens (tertiary/aromatic N) is 3. The van der Waals surface area contributed by atoms with Gasteiger partial charge in [0.1, 0.15) is 5.75 Å². The van der Waals surface area contributed by atoms with Crippen LogP contribution in [0.15, 0.2) is 53.7 Å². The van der Waals surface area contributed by atoms with E-state index < -0.39 is 5.72 Å². The first-order valence-corrected chi connectivity index (χ1v) is 8.43. The highest BCUT2D eigenvalue weighted by atomic mass is 32.2. The van der Waals surface area contributed by atoms with Gasteiger partial charge in [-0.2, -0.15) is 0 Å². The number of aliphatic imine (C=N–C) groups is 1. The van der Waals surface area contributed by atoms with Crippen LogP contribution < -0.4 is 4.74 Å². The van der Waals surface area contributed by atoms with Crippen molar-refractivity contribution in [3.05, 3.63) is 54.2 Å². The first-order chi connectivity index (χ1) is 11.2. The van der Waals surface area contributed by atoms with Crippen LogP contribution in [-0.4, -0.2) is 39.6 Å². The zero-order chi connectivity index (χ0) is 16.3. The SMILES string of the molecule is CCN1/C(=N/c2ccccn2)SCC1(O)c1ccc(OC)cc1. The molecule has 1 aliphatic heterocycles. The summed E-state index contributed by atoms with van der Waals surface area (Å²) in [7, 11) is 1.63. The van der Waals surface area contributed by atoms with Gasteiger partial charge in [0.2, 0.25) is 0 Å². The molecule has 1 aromatic carbocycles. The van der Waals surface area contributed by atoms with Crippen LogP contribution in [-0.2, 0) is 5.72 Å². The van der Waals surface area contributed by atoms with E-state index in [0.29, 0.717) is 18.1 Å². The molecule has 1 unspecified atom stereocenters. The quantitative estimate of drug-likeness (QED) is 0.934. The van der Waals surface area contributed by atoms with E-state index in [0.717, 1.165) is 16.5 Å². The van der Waals surface area contributed by atoms with E-state index in [1.54, 1.807) is 13.3 Å². The fourth-order valence-corrected chi connectivity index (χ4v) is 3.83. The molecule has 1 atom stereocenters. The average molecular weight is 329 g/mol. The van der Waals surface area contributed by atoms with Crippen LogP contribution >= 0.6 is 11.8 Å². The molecule has 120 valence electrons. The smallest absolute Gasteiger partial charge is 0.175 e. The molecule has 0 bridgehead atoms. The molecule has 23 heavy (non-hydrogen) atoms. The fraction of sp³-hybridized carbons (Fsp3) is 0.294. The molecule has 1 aromatic heterocycles. The molecule has 5 nitrogen and oxygen atoms in total. The molecular formula is C17H19N3O2S. The number of aromatic nitrogens is 1. The summed E-state index contributed by atoms with van der Waals surface area (Å²) in [6.07, 6.45) is 1.71. The summed E-state index contributed by atoms with van der Waals surface area (Å²) in [5, 5.41) is 12.0. The Bertz CT molecular complexity index is 691. The first kappa shape index (κ1) is 15.8. The van der Waals surface area contributed by atoms with Gasteiger partial charge in [0.05, 0.1) is 12.9 Å². The van der Waals surface area contributed by atoms with Crippen molar-refractivity contribution in [1.29, 1.82) is 0 Å². The van der Waals surface area contributed by atoms with E-state index in [1.165, 1.54) is 11.8 Å². The van der Waals surface area contributed by atoms with Gasteiger partial charge < -0.3 is 14.7 Å². The molecule has 0 aliphatic carbocycles. The maximum absolute atomic E-state index is 11.2. The molecule has 3 rings (SSSR count). The van der Waals surface area contributed by atoms with E-state index in [4.69, 9.17) is 4.74 Å². The summed E-state index contributed by atoms with van der Waals surface area (Å²) < 4.78 is 5.19. The number of benzene rings is 1. The van der Waals surface area contributed by atoms with Gasteiger partial charge in [0, 0.05) is 18.3 Å². The summed E-state index contributed by atoms with van der Waals surface area (Å²) in [5.74, 6) is 1.94. The topological polar surface area (TPSA) is 58.0 Å². The van der Waals surface area contributed by atoms with Crippen LogP contribution in [0.25, 0.3) is 0 Å². The number of thioether (sulfide) groups is 1. The third-order valence-corrected chi connectivity index (χ3v) is 4.92. The van der Waals surface area contributed by atoms with Crippen LogP contribution in [0.1, 0.15) is 12.5 Å². The highest BCUT2D eigenvalue weighted by Gasteiger charge is 2.44. The molecule has 1 fully saturated rings. The van der Waals surface area contributed by atoms with Gasteiger partial charge >= 0.3 is 0 Å². The largest absolute Gasteiger partial charge is 0.497 e. The zero-order valence-electron chi connectivity index (χ0n) is 13.1. The van der Waals surface area contributed by atoms with E-state index in [9.17, 15) is 5.11 Å². The lowest BCUT2D eigenvalue weighted by Crippen LogP contribution is -2.44. The maximum atomic E-state index is 11.2. The Hall–Kier alpha value is -2.05. The summed E-state index contributed by atoms with van der Waals surface area (Å²) in [4.78, 5) is 10.7. The second-order valence-corrected chi connectivity index (χ2v) is 6.10. The van der Waals surface area contributed by atoms with Crippen LogP contribution in [0.3, 0.4) is 0 Å². The van der Waals surface area contributed by atoms with Crippen LogP contribution in [0.5, 0.6) is 5.75 Å². The number of rotatable bonds is 4. The molecule has 0 spiro atoms. The molecule has 2 aromatic rings. The van der Waals surface area contributed by atoms with Crippen molar-refractivity contribution in [1.82, 2.24) is 9.88 Å². The molecule has 0 saturated carbocycles. The summed E-state index contributed by atoms with van der Waals surface area (Å²) >= 11 is 1.54. The predicted octanol–water partition coefficient (Wildman–Crippen LogP) is 2.99. The number of aliphatic hydroxyl groups is 1. The first-order valence-electron chi connectivity index (χ1n) is 7.44. The standard InChI is InChI=1S/C17H19N3O2S/c1-3-20-16(19-15-6-4-5-11-18-15)23-12-17(20,21)13-7-9-14(22-2)10-8-13/h4-11,21H,3,12H2,1-2H3/b19-16-. The second-order valence-electron chi connectivity index (χ2n) is 5.16. The van der Waals surface area contributed by atoms with Crippen molar-refractivity contribution in [3.8, 4) is 5.75 Å². The van der Waals surface area contributed by atoms with E-state index in [-0.39, 0.29) is 0 Å². The van der Waals surface area contributed by atoms with Gasteiger partial charge in [-0.1, -0.05) is 30.0 Å². The lowest BCUT2D eigenvalue weighted by molar-refractivity contribution is -0.0452. The van der Waals surface area contributed by atoms with E-state index in [2.05, 4.69) is 9.98 Å². The van der Waals surface area contributed by atoms with Crippen molar-refractivity contribution >= 4 is 22.7 Å². The Morgan fingerprint density at radius 1 is 1.30 bits per heavy atom. The highest BCUT2D eigenvalue weighted by Crippen LogP contribution is 2.39. The predicted molar refractivity (Wildman–Crippen MR) is 93.1 cm³/mol. The Balaban J connectivity index is 1.92. The second kappa shape index (κ2) is 6.60. The Morgan fingerprint density at radius 3 is 2.70 bits per heavy atom. The fourth-order valence-electron chi connectivity index (χ4n) is 2.58. The number of ether oxygens (including phenoxy) is 1.